The summed E-state index contributed by atoms with van der Waals surface area (Å²) < 4.78 is 11.3. The van der Waals surface area contributed by atoms with E-state index in [9.17, 15) is 9.59 Å². The van der Waals surface area contributed by atoms with Gasteiger partial charge in [0.1, 0.15) is 6.29 Å². The summed E-state index contributed by atoms with van der Waals surface area (Å²) in [5.41, 5.74) is 0.943. The number of aliphatic hydroxyl groups excluding tert-OH is 1. The van der Waals surface area contributed by atoms with Crippen molar-refractivity contribution in [1.82, 2.24) is 0 Å². The zero-order valence-corrected chi connectivity index (χ0v) is 12.9. The molecule has 0 fully saturated rings. The van der Waals surface area contributed by atoms with Crippen LogP contribution in [0.2, 0.25) is 0 Å². The number of nitrogens with zero attached hydrogens (tertiary/aromatic N) is 1. The van der Waals surface area contributed by atoms with E-state index in [2.05, 4.69) is 0 Å². The van der Waals surface area contributed by atoms with Gasteiger partial charge in [0.05, 0.1) is 12.3 Å². The molecule has 0 radical (unpaired) electrons. The summed E-state index contributed by atoms with van der Waals surface area (Å²) in [5.74, 6) is 0.785. The number of aldehydes is 1. The van der Waals surface area contributed by atoms with Crippen LogP contribution in [0.15, 0.2) is 12.1 Å². The normalized spacial score (nSPS) is 17.0. The molecule has 1 aromatic carbocycles. The third-order valence-corrected chi connectivity index (χ3v) is 3.50. The van der Waals surface area contributed by atoms with Crippen LogP contribution < -0.4 is 14.4 Å². The molecular weight excluding hydrogens is 286 g/mol. The maximum absolute atomic E-state index is 12.5. The highest BCUT2D eigenvalue weighted by molar-refractivity contribution is 6.01. The van der Waals surface area contributed by atoms with Gasteiger partial charge in [0.15, 0.2) is 17.6 Å². The summed E-state index contributed by atoms with van der Waals surface area (Å²) in [6.45, 7) is 4.50. The molecule has 6 heteroatoms. The van der Waals surface area contributed by atoms with Crippen molar-refractivity contribution >= 4 is 17.9 Å². The largest absolute Gasteiger partial charge is 0.490 e. The minimum atomic E-state index is -0.576. The molecule has 6 nitrogen and oxygen atoms in total. The number of carbonyl (C=O) groups is 2. The van der Waals surface area contributed by atoms with Gasteiger partial charge in [-0.3, -0.25) is 9.59 Å². The second kappa shape index (κ2) is 7.26. The number of rotatable bonds is 7. The quantitative estimate of drug-likeness (QED) is 0.777. The van der Waals surface area contributed by atoms with E-state index < -0.39 is 6.10 Å². The highest BCUT2D eigenvalue weighted by Crippen LogP contribution is 2.43. The van der Waals surface area contributed by atoms with E-state index in [0.29, 0.717) is 55.0 Å². The lowest BCUT2D eigenvalue weighted by Crippen LogP contribution is -2.46. The molecule has 0 spiro atoms. The van der Waals surface area contributed by atoms with Crippen molar-refractivity contribution in [3.8, 4) is 11.5 Å². The predicted octanol–water partition coefficient (Wildman–Crippen LogP) is 1.78. The molecule has 0 aromatic heterocycles. The fourth-order valence-electron chi connectivity index (χ4n) is 2.46. The van der Waals surface area contributed by atoms with Gasteiger partial charge in [0.25, 0.3) is 5.91 Å². The van der Waals surface area contributed by atoms with Gasteiger partial charge in [0, 0.05) is 18.7 Å². The van der Waals surface area contributed by atoms with Crippen LogP contribution in [0.5, 0.6) is 11.5 Å². The van der Waals surface area contributed by atoms with E-state index in [1.54, 1.807) is 17.0 Å². The standard InChI is InChI=1S/C16H21NO5/c1-3-13-16(20)17(6-5-7-18)12-8-11(10-19)9-14(21-4-2)15(12)22-13/h8-10,13,18H,3-7H2,1-2H3. The second-order valence-electron chi connectivity index (χ2n) is 5.00. The Balaban J connectivity index is 2.52. The molecule has 2 rings (SSSR count). The van der Waals surface area contributed by atoms with Crippen molar-refractivity contribution in [3.05, 3.63) is 17.7 Å². The van der Waals surface area contributed by atoms with Gasteiger partial charge in [-0.25, -0.2) is 0 Å². The van der Waals surface area contributed by atoms with Crippen LogP contribution in [-0.4, -0.2) is 43.2 Å². The lowest BCUT2D eigenvalue weighted by molar-refractivity contribution is -0.126. The molecule has 1 amide bonds. The summed E-state index contributed by atoms with van der Waals surface area (Å²) in [6.07, 6.45) is 1.13. The number of amides is 1. The van der Waals surface area contributed by atoms with E-state index in [-0.39, 0.29) is 12.5 Å². The molecule has 1 N–H and O–H groups in total. The summed E-state index contributed by atoms with van der Waals surface area (Å²) >= 11 is 0. The average Bonchev–Trinajstić information content (AvgIpc) is 2.53. The zero-order valence-electron chi connectivity index (χ0n) is 12.9. The Morgan fingerprint density at radius 3 is 2.77 bits per heavy atom. The molecule has 1 aromatic rings. The van der Waals surface area contributed by atoms with E-state index in [1.807, 2.05) is 13.8 Å². The predicted molar refractivity (Wildman–Crippen MR) is 81.8 cm³/mol. The Labute approximate surface area is 129 Å². The molecule has 1 aliphatic heterocycles. The van der Waals surface area contributed by atoms with Crippen molar-refractivity contribution < 1.29 is 24.2 Å². The zero-order chi connectivity index (χ0) is 16.1. The van der Waals surface area contributed by atoms with Crippen LogP contribution >= 0.6 is 0 Å². The smallest absolute Gasteiger partial charge is 0.268 e. The number of aliphatic hydroxyl groups is 1. The van der Waals surface area contributed by atoms with E-state index in [0.717, 1.165) is 0 Å². The first-order chi connectivity index (χ1) is 10.7. The van der Waals surface area contributed by atoms with Crippen molar-refractivity contribution in [3.63, 3.8) is 0 Å². The first-order valence-electron chi connectivity index (χ1n) is 7.51. The maximum Gasteiger partial charge on any atom is 0.268 e. The van der Waals surface area contributed by atoms with Crippen LogP contribution in [0.4, 0.5) is 5.69 Å². The molecule has 0 saturated heterocycles. The lowest BCUT2D eigenvalue weighted by atomic mass is 10.1. The van der Waals surface area contributed by atoms with Crippen molar-refractivity contribution in [1.29, 1.82) is 0 Å². The molecule has 22 heavy (non-hydrogen) atoms. The Kier molecular flexibility index (Phi) is 5.38. The summed E-state index contributed by atoms with van der Waals surface area (Å²) in [5, 5.41) is 9.04. The van der Waals surface area contributed by atoms with Gasteiger partial charge in [0.2, 0.25) is 0 Å². The monoisotopic (exact) mass is 307 g/mol. The summed E-state index contributed by atoms with van der Waals surface area (Å²) in [4.78, 5) is 25.2. The van der Waals surface area contributed by atoms with Crippen molar-refractivity contribution in [2.75, 3.05) is 24.7 Å². The third kappa shape index (κ3) is 3.06. The number of carbonyl (C=O) groups excluding carboxylic acids is 2. The minimum Gasteiger partial charge on any atom is -0.490 e. The molecule has 1 unspecified atom stereocenters. The number of fused-ring (bicyclic) bond motifs is 1. The summed E-state index contributed by atoms with van der Waals surface area (Å²) in [7, 11) is 0. The molecular formula is C16H21NO5. The molecule has 120 valence electrons. The number of anilines is 1. The first kappa shape index (κ1) is 16.3. The topological polar surface area (TPSA) is 76.1 Å². The van der Waals surface area contributed by atoms with Gasteiger partial charge in [-0.1, -0.05) is 6.92 Å². The lowest BCUT2D eigenvalue weighted by Gasteiger charge is -2.35. The van der Waals surface area contributed by atoms with Crippen molar-refractivity contribution in [2.24, 2.45) is 0 Å². The molecule has 0 aliphatic carbocycles. The number of benzene rings is 1. The molecule has 1 aliphatic rings. The number of hydrogen-bond acceptors (Lipinski definition) is 5. The average molecular weight is 307 g/mol. The Hall–Kier alpha value is -2.08. The minimum absolute atomic E-state index is 0.0115. The fourth-order valence-corrected chi connectivity index (χ4v) is 2.46. The van der Waals surface area contributed by atoms with Gasteiger partial charge in [-0.2, -0.15) is 0 Å². The van der Waals surface area contributed by atoms with Crippen LogP contribution in [0.25, 0.3) is 0 Å². The maximum atomic E-state index is 12.5. The first-order valence-corrected chi connectivity index (χ1v) is 7.51. The van der Waals surface area contributed by atoms with Gasteiger partial charge in [-0.05, 0) is 31.9 Å². The molecule has 1 heterocycles. The van der Waals surface area contributed by atoms with Crippen LogP contribution in [0.3, 0.4) is 0 Å². The van der Waals surface area contributed by atoms with Crippen LogP contribution in [-0.2, 0) is 4.79 Å². The Morgan fingerprint density at radius 2 is 2.18 bits per heavy atom. The number of hydrogen-bond donors (Lipinski definition) is 1. The van der Waals surface area contributed by atoms with Crippen molar-refractivity contribution in [2.45, 2.75) is 32.8 Å². The SMILES string of the molecule is CCOc1cc(C=O)cc2c1OC(CC)C(=O)N2CCCO. The molecule has 0 saturated carbocycles. The van der Waals surface area contributed by atoms with E-state index >= 15 is 0 Å². The van der Waals surface area contributed by atoms with Gasteiger partial charge < -0.3 is 19.5 Å². The summed E-state index contributed by atoms with van der Waals surface area (Å²) in [6, 6.07) is 3.23. The number of ether oxygens (including phenoxy) is 2. The van der Waals surface area contributed by atoms with Gasteiger partial charge in [-0.15, -0.1) is 0 Å². The second-order valence-corrected chi connectivity index (χ2v) is 5.00. The fraction of sp³-hybridized carbons (Fsp3) is 0.500. The Bertz CT molecular complexity index is 558. The van der Waals surface area contributed by atoms with Gasteiger partial charge >= 0.3 is 0 Å². The third-order valence-electron chi connectivity index (χ3n) is 3.50. The van der Waals surface area contributed by atoms with E-state index in [1.165, 1.54) is 0 Å². The van der Waals surface area contributed by atoms with E-state index in [4.69, 9.17) is 14.6 Å². The van der Waals surface area contributed by atoms with Crippen LogP contribution in [0, 0.1) is 0 Å². The van der Waals surface area contributed by atoms with Crippen LogP contribution in [0.1, 0.15) is 37.0 Å². The molecule has 1 atom stereocenters. The highest BCUT2D eigenvalue weighted by Gasteiger charge is 2.35. The Morgan fingerprint density at radius 1 is 1.41 bits per heavy atom. The highest BCUT2D eigenvalue weighted by atomic mass is 16.5. The molecule has 0 bridgehead atoms.